The summed E-state index contributed by atoms with van der Waals surface area (Å²) in [5, 5.41) is 0.587. The molecular formula is C19H14N4O. The molecule has 4 rings (SSSR count). The van der Waals surface area contributed by atoms with Gasteiger partial charge >= 0.3 is 0 Å². The third-order valence-electron chi connectivity index (χ3n) is 3.71. The van der Waals surface area contributed by atoms with Crippen molar-refractivity contribution >= 4 is 23.2 Å². The van der Waals surface area contributed by atoms with E-state index in [9.17, 15) is 4.79 Å². The number of hydrogen-bond donors (Lipinski definition) is 1. The molecule has 24 heavy (non-hydrogen) atoms. The summed E-state index contributed by atoms with van der Waals surface area (Å²) < 4.78 is 1.83. The van der Waals surface area contributed by atoms with Crippen LogP contribution >= 0.6 is 0 Å². The van der Waals surface area contributed by atoms with Crippen LogP contribution in [0.3, 0.4) is 0 Å². The predicted octanol–water partition coefficient (Wildman–Crippen LogP) is 3.41. The molecule has 2 aromatic heterocycles. The average molecular weight is 314 g/mol. The summed E-state index contributed by atoms with van der Waals surface area (Å²) in [6.07, 6.45) is 7.21. The number of rotatable bonds is 3. The fourth-order valence-corrected chi connectivity index (χ4v) is 2.52. The van der Waals surface area contributed by atoms with Crippen molar-refractivity contribution in [2.45, 2.75) is 0 Å². The summed E-state index contributed by atoms with van der Waals surface area (Å²) in [6, 6.07) is 17.2. The minimum absolute atomic E-state index is 0.143. The van der Waals surface area contributed by atoms with Gasteiger partial charge in [0.1, 0.15) is 5.82 Å². The van der Waals surface area contributed by atoms with Gasteiger partial charge in [0.25, 0.3) is 5.56 Å². The topological polar surface area (TPSA) is 63.6 Å². The Hall–Kier alpha value is -3.47. The Morgan fingerprint density at radius 1 is 1.00 bits per heavy atom. The first-order valence-corrected chi connectivity index (χ1v) is 7.56. The molecule has 0 aliphatic heterocycles. The highest BCUT2D eigenvalue weighted by atomic mass is 16.1. The maximum Gasteiger partial charge on any atom is 0.259 e. The lowest BCUT2D eigenvalue weighted by Gasteiger charge is -1.98. The molecule has 0 amide bonds. The molecule has 0 atom stereocenters. The van der Waals surface area contributed by atoms with Crippen LogP contribution in [-0.2, 0) is 0 Å². The molecule has 0 spiro atoms. The van der Waals surface area contributed by atoms with Gasteiger partial charge < -0.3 is 9.55 Å². The number of aromatic amines is 1. The van der Waals surface area contributed by atoms with Gasteiger partial charge in [0.05, 0.1) is 22.9 Å². The minimum Gasteiger partial charge on any atom is -0.312 e. The first kappa shape index (κ1) is 14.1. The number of H-pyrrole nitrogens is 1. The zero-order chi connectivity index (χ0) is 16.4. The van der Waals surface area contributed by atoms with E-state index >= 15 is 0 Å². The molecule has 0 radical (unpaired) electrons. The predicted molar refractivity (Wildman–Crippen MR) is 95.3 cm³/mol. The summed E-state index contributed by atoms with van der Waals surface area (Å²) in [6.45, 7) is 0. The van der Waals surface area contributed by atoms with Gasteiger partial charge in [0.15, 0.2) is 0 Å². The molecule has 2 aromatic carbocycles. The van der Waals surface area contributed by atoms with E-state index in [0.717, 1.165) is 11.3 Å². The van der Waals surface area contributed by atoms with E-state index in [2.05, 4.69) is 15.0 Å². The molecule has 0 fully saturated rings. The van der Waals surface area contributed by atoms with E-state index < -0.39 is 0 Å². The van der Waals surface area contributed by atoms with Crippen molar-refractivity contribution < 1.29 is 0 Å². The summed E-state index contributed by atoms with van der Waals surface area (Å²) in [4.78, 5) is 23.6. The molecule has 5 heteroatoms. The van der Waals surface area contributed by atoms with Crippen molar-refractivity contribution in [2.75, 3.05) is 0 Å². The number of benzene rings is 2. The zero-order valence-corrected chi connectivity index (χ0v) is 12.8. The lowest BCUT2D eigenvalue weighted by atomic mass is 10.2. The van der Waals surface area contributed by atoms with E-state index in [1.165, 1.54) is 0 Å². The van der Waals surface area contributed by atoms with E-state index in [1.54, 1.807) is 18.5 Å². The third-order valence-corrected chi connectivity index (χ3v) is 3.71. The van der Waals surface area contributed by atoms with E-state index in [0.29, 0.717) is 16.7 Å². The second kappa shape index (κ2) is 5.96. The van der Waals surface area contributed by atoms with Gasteiger partial charge in [-0.05, 0) is 18.2 Å². The second-order valence-electron chi connectivity index (χ2n) is 5.36. The largest absolute Gasteiger partial charge is 0.312 e. The van der Waals surface area contributed by atoms with Crippen LogP contribution in [0.25, 0.3) is 34.4 Å². The van der Waals surface area contributed by atoms with Crippen molar-refractivity contribution in [1.29, 1.82) is 0 Å². The number of nitrogens with zero attached hydrogens (tertiary/aromatic N) is 3. The van der Waals surface area contributed by atoms with Gasteiger partial charge in [0, 0.05) is 18.0 Å². The van der Waals surface area contributed by atoms with Crippen molar-refractivity contribution in [1.82, 2.24) is 19.5 Å². The zero-order valence-electron chi connectivity index (χ0n) is 12.8. The standard InChI is InChI=1S/C19H14N4O/c24-19-15-8-4-5-9-16(15)21-18(22-19)10-11-23-12-17(20-13-23)14-6-2-1-3-7-14/h1-13H,(H,21,22,24). The highest BCUT2D eigenvalue weighted by Gasteiger charge is 2.02. The molecule has 4 aromatic rings. The number of para-hydroxylation sites is 1. The molecule has 2 heterocycles. The summed E-state index contributed by atoms with van der Waals surface area (Å²) in [7, 11) is 0. The molecule has 116 valence electrons. The SMILES string of the molecule is O=c1[nH]c(C=Cn2cnc(-c3ccccc3)c2)nc2ccccc12. The Kier molecular flexibility index (Phi) is 3.51. The van der Waals surface area contributed by atoms with Gasteiger partial charge in [-0.25, -0.2) is 9.97 Å². The normalized spacial score (nSPS) is 11.3. The Labute approximate surface area is 138 Å². The van der Waals surface area contributed by atoms with Crippen LogP contribution in [0.5, 0.6) is 0 Å². The maximum atomic E-state index is 12.1. The van der Waals surface area contributed by atoms with Gasteiger partial charge in [-0.3, -0.25) is 4.79 Å². The first-order valence-electron chi connectivity index (χ1n) is 7.56. The molecule has 0 unspecified atom stereocenters. The highest BCUT2D eigenvalue weighted by Crippen LogP contribution is 2.16. The summed E-state index contributed by atoms with van der Waals surface area (Å²) in [5.74, 6) is 0.508. The monoisotopic (exact) mass is 314 g/mol. The van der Waals surface area contributed by atoms with Gasteiger partial charge in [-0.15, -0.1) is 0 Å². The van der Waals surface area contributed by atoms with Gasteiger partial charge in [-0.1, -0.05) is 42.5 Å². The molecule has 0 aliphatic carbocycles. The molecule has 0 saturated carbocycles. The van der Waals surface area contributed by atoms with Crippen LogP contribution in [0.15, 0.2) is 71.9 Å². The third kappa shape index (κ3) is 2.75. The van der Waals surface area contributed by atoms with Crippen LogP contribution in [-0.4, -0.2) is 19.5 Å². The molecular weight excluding hydrogens is 300 g/mol. The Morgan fingerprint density at radius 3 is 2.67 bits per heavy atom. The quantitative estimate of drug-likeness (QED) is 0.630. The van der Waals surface area contributed by atoms with E-state index in [1.807, 2.05) is 65.5 Å². The Morgan fingerprint density at radius 2 is 1.79 bits per heavy atom. The van der Waals surface area contributed by atoms with Gasteiger partial charge in [-0.2, -0.15) is 0 Å². The number of fused-ring (bicyclic) bond motifs is 1. The molecule has 0 saturated heterocycles. The Bertz CT molecular complexity index is 1080. The molecule has 0 aliphatic rings. The number of hydrogen-bond acceptors (Lipinski definition) is 3. The maximum absolute atomic E-state index is 12.1. The fourth-order valence-electron chi connectivity index (χ4n) is 2.52. The highest BCUT2D eigenvalue weighted by molar-refractivity contribution is 5.78. The van der Waals surface area contributed by atoms with Crippen LogP contribution in [0, 0.1) is 0 Å². The van der Waals surface area contributed by atoms with E-state index in [-0.39, 0.29) is 5.56 Å². The fraction of sp³-hybridized carbons (Fsp3) is 0. The lowest BCUT2D eigenvalue weighted by molar-refractivity contribution is 1.12. The van der Waals surface area contributed by atoms with Crippen LogP contribution in [0.2, 0.25) is 0 Å². The summed E-state index contributed by atoms with van der Waals surface area (Å²) in [5.41, 5.74) is 2.48. The van der Waals surface area contributed by atoms with Crippen molar-refractivity contribution in [3.05, 3.63) is 83.3 Å². The summed E-state index contributed by atoms with van der Waals surface area (Å²) >= 11 is 0. The first-order chi connectivity index (χ1) is 11.8. The smallest absolute Gasteiger partial charge is 0.259 e. The number of aromatic nitrogens is 4. The van der Waals surface area contributed by atoms with Crippen molar-refractivity contribution in [2.24, 2.45) is 0 Å². The Balaban J connectivity index is 1.64. The van der Waals surface area contributed by atoms with Crippen LogP contribution in [0.4, 0.5) is 0 Å². The van der Waals surface area contributed by atoms with E-state index in [4.69, 9.17) is 0 Å². The van der Waals surface area contributed by atoms with Crippen molar-refractivity contribution in [3.63, 3.8) is 0 Å². The minimum atomic E-state index is -0.143. The average Bonchev–Trinajstić information content (AvgIpc) is 3.10. The number of nitrogens with one attached hydrogen (secondary N) is 1. The van der Waals surface area contributed by atoms with Crippen molar-refractivity contribution in [3.8, 4) is 11.3 Å². The molecule has 0 bridgehead atoms. The molecule has 1 N–H and O–H groups in total. The molecule has 5 nitrogen and oxygen atoms in total. The lowest BCUT2D eigenvalue weighted by Crippen LogP contribution is -2.09. The van der Waals surface area contributed by atoms with Gasteiger partial charge in [0.2, 0.25) is 0 Å². The number of imidazole rings is 1. The second-order valence-corrected chi connectivity index (χ2v) is 5.36. The van der Waals surface area contributed by atoms with Crippen LogP contribution < -0.4 is 5.56 Å². The van der Waals surface area contributed by atoms with Crippen LogP contribution in [0.1, 0.15) is 5.82 Å².